The van der Waals surface area contributed by atoms with Gasteiger partial charge in [0.25, 0.3) is 11.8 Å². The lowest BCUT2D eigenvalue weighted by Crippen LogP contribution is -2.52. The van der Waals surface area contributed by atoms with Crippen molar-refractivity contribution < 1.29 is 14.4 Å². The summed E-state index contributed by atoms with van der Waals surface area (Å²) in [6, 6.07) is 18.4. The van der Waals surface area contributed by atoms with Gasteiger partial charge in [0.05, 0.1) is 11.4 Å². The lowest BCUT2D eigenvalue weighted by Gasteiger charge is -2.28. The number of benzene rings is 2. The Morgan fingerprint density at radius 2 is 1.34 bits per heavy atom. The second kappa shape index (κ2) is 7.20. The Morgan fingerprint density at radius 3 is 1.93 bits per heavy atom. The topological polar surface area (TPSA) is 75.5 Å². The minimum atomic E-state index is -0.652. The number of carbonyl (C=O) groups excluding carboxylic acids is 3. The van der Waals surface area contributed by atoms with Gasteiger partial charge in [-0.15, -0.1) is 0 Å². The van der Waals surface area contributed by atoms with Crippen LogP contribution < -0.4 is 0 Å². The Balaban J connectivity index is 1.87. The van der Waals surface area contributed by atoms with Crippen molar-refractivity contribution in [1.82, 2.24) is 19.6 Å². The normalized spacial score (nSPS) is 14.6. The van der Waals surface area contributed by atoms with Crippen LogP contribution in [-0.2, 0) is 9.59 Å². The molecular formula is C22H18N4O3. The van der Waals surface area contributed by atoms with Crippen LogP contribution in [-0.4, -0.2) is 51.5 Å². The minimum Gasteiger partial charge on any atom is -0.268 e. The van der Waals surface area contributed by atoms with Gasteiger partial charge in [-0.05, 0) is 18.2 Å². The highest BCUT2D eigenvalue weighted by atomic mass is 16.2. The molecule has 144 valence electrons. The molecule has 1 saturated heterocycles. The molecule has 0 atom stereocenters. The van der Waals surface area contributed by atoms with Gasteiger partial charge in [0, 0.05) is 31.4 Å². The summed E-state index contributed by atoms with van der Waals surface area (Å²) in [6.45, 7) is 0. The van der Waals surface area contributed by atoms with Crippen LogP contribution in [0.1, 0.15) is 5.56 Å². The van der Waals surface area contributed by atoms with E-state index in [9.17, 15) is 14.4 Å². The first-order valence-electron chi connectivity index (χ1n) is 8.99. The van der Waals surface area contributed by atoms with Gasteiger partial charge < -0.3 is 0 Å². The summed E-state index contributed by atoms with van der Waals surface area (Å²) in [5.41, 5.74) is 2.85. The number of barbiturate groups is 1. The molecule has 3 aromatic rings. The van der Waals surface area contributed by atoms with Crippen LogP contribution in [0.4, 0.5) is 4.79 Å². The fraction of sp³-hybridized carbons (Fsp3) is 0.0909. The van der Waals surface area contributed by atoms with E-state index < -0.39 is 17.8 Å². The zero-order valence-electron chi connectivity index (χ0n) is 15.9. The van der Waals surface area contributed by atoms with Crippen molar-refractivity contribution in [3.8, 4) is 16.9 Å². The zero-order chi connectivity index (χ0) is 20.5. The van der Waals surface area contributed by atoms with Crippen LogP contribution in [0.2, 0.25) is 0 Å². The summed E-state index contributed by atoms with van der Waals surface area (Å²) < 4.78 is 1.70. The molecule has 0 spiro atoms. The number of carbonyl (C=O) groups is 3. The molecule has 1 aliphatic rings. The van der Waals surface area contributed by atoms with Crippen molar-refractivity contribution >= 4 is 23.9 Å². The SMILES string of the molecule is CN1C(=O)C(=Cc2cn(-c3ccccc3)nc2-c2ccccc2)C(=O)N(C)C1=O. The molecule has 0 saturated carbocycles. The Bertz CT molecular complexity index is 1110. The minimum absolute atomic E-state index is 0.0839. The number of amides is 4. The van der Waals surface area contributed by atoms with Gasteiger partial charge in [-0.2, -0.15) is 5.10 Å². The van der Waals surface area contributed by atoms with Gasteiger partial charge in [0.1, 0.15) is 5.57 Å². The third-order valence-corrected chi connectivity index (χ3v) is 4.75. The fourth-order valence-electron chi connectivity index (χ4n) is 3.16. The van der Waals surface area contributed by atoms with E-state index in [1.807, 2.05) is 60.7 Å². The summed E-state index contributed by atoms with van der Waals surface area (Å²) >= 11 is 0. The average molecular weight is 386 g/mol. The van der Waals surface area contributed by atoms with Crippen LogP contribution in [0.3, 0.4) is 0 Å². The van der Waals surface area contributed by atoms with Crippen molar-refractivity contribution in [1.29, 1.82) is 0 Å². The van der Waals surface area contributed by atoms with Gasteiger partial charge >= 0.3 is 6.03 Å². The first kappa shape index (κ1) is 18.4. The molecule has 0 aliphatic carbocycles. The number of urea groups is 1. The average Bonchev–Trinajstić information content (AvgIpc) is 3.19. The summed E-state index contributed by atoms with van der Waals surface area (Å²) in [7, 11) is 2.71. The first-order valence-corrected chi connectivity index (χ1v) is 8.99. The Kier molecular flexibility index (Phi) is 4.56. The van der Waals surface area contributed by atoms with Crippen LogP contribution in [0.15, 0.2) is 72.4 Å². The highest BCUT2D eigenvalue weighted by Crippen LogP contribution is 2.27. The second-order valence-corrected chi connectivity index (χ2v) is 6.65. The third kappa shape index (κ3) is 3.23. The zero-order valence-corrected chi connectivity index (χ0v) is 15.9. The smallest absolute Gasteiger partial charge is 0.268 e. The number of para-hydroxylation sites is 1. The van der Waals surface area contributed by atoms with Gasteiger partial charge in [0.15, 0.2) is 0 Å². The maximum Gasteiger partial charge on any atom is 0.333 e. The molecule has 1 aromatic heterocycles. The second-order valence-electron chi connectivity index (χ2n) is 6.65. The molecule has 4 amide bonds. The van der Waals surface area contributed by atoms with Crippen molar-refractivity contribution in [2.45, 2.75) is 0 Å². The van der Waals surface area contributed by atoms with E-state index in [2.05, 4.69) is 5.10 Å². The molecule has 2 heterocycles. The largest absolute Gasteiger partial charge is 0.333 e. The standard InChI is InChI=1S/C22H18N4O3/c1-24-20(27)18(21(28)25(2)22(24)29)13-16-14-26(17-11-7-4-8-12-17)23-19(16)15-9-5-3-6-10-15/h3-14H,1-2H3. The number of hydrogen-bond acceptors (Lipinski definition) is 4. The number of likely N-dealkylation sites (N-methyl/N-ethyl adjacent to an activating group) is 2. The summed E-state index contributed by atoms with van der Waals surface area (Å²) in [6.07, 6.45) is 3.26. The van der Waals surface area contributed by atoms with E-state index in [1.165, 1.54) is 20.2 Å². The van der Waals surface area contributed by atoms with E-state index >= 15 is 0 Å². The molecule has 1 fully saturated rings. The quantitative estimate of drug-likeness (QED) is 0.512. The Morgan fingerprint density at radius 1 is 0.793 bits per heavy atom. The van der Waals surface area contributed by atoms with Gasteiger partial charge in [-0.3, -0.25) is 19.4 Å². The number of aromatic nitrogens is 2. The maximum absolute atomic E-state index is 12.6. The van der Waals surface area contributed by atoms with E-state index in [0.29, 0.717) is 11.3 Å². The molecule has 0 radical (unpaired) electrons. The van der Waals surface area contributed by atoms with Crippen LogP contribution in [0, 0.1) is 0 Å². The van der Waals surface area contributed by atoms with Crippen molar-refractivity contribution in [2.75, 3.05) is 14.1 Å². The fourth-order valence-corrected chi connectivity index (χ4v) is 3.16. The molecule has 4 rings (SSSR count). The molecule has 1 aliphatic heterocycles. The molecule has 2 aromatic carbocycles. The molecule has 0 N–H and O–H groups in total. The monoisotopic (exact) mass is 386 g/mol. The highest BCUT2D eigenvalue weighted by molar-refractivity contribution is 6.30. The molecule has 7 heteroatoms. The predicted molar refractivity (Wildman–Crippen MR) is 108 cm³/mol. The number of rotatable bonds is 3. The van der Waals surface area contributed by atoms with Gasteiger partial charge in [-0.1, -0.05) is 48.5 Å². The molecular weight excluding hydrogens is 368 g/mol. The number of hydrogen-bond donors (Lipinski definition) is 0. The van der Waals surface area contributed by atoms with Crippen LogP contribution >= 0.6 is 0 Å². The van der Waals surface area contributed by atoms with E-state index in [4.69, 9.17) is 0 Å². The van der Waals surface area contributed by atoms with Crippen molar-refractivity contribution in [3.05, 3.63) is 78.0 Å². The summed E-state index contributed by atoms with van der Waals surface area (Å²) in [4.78, 5) is 39.0. The molecule has 0 unspecified atom stereocenters. The lowest BCUT2D eigenvalue weighted by atomic mass is 10.0. The molecule has 0 bridgehead atoms. The van der Waals surface area contributed by atoms with E-state index in [1.54, 1.807) is 10.9 Å². The molecule has 29 heavy (non-hydrogen) atoms. The summed E-state index contributed by atoms with van der Waals surface area (Å²) in [5, 5.41) is 4.67. The Hall–Kier alpha value is -4.00. The van der Waals surface area contributed by atoms with E-state index in [0.717, 1.165) is 21.1 Å². The third-order valence-electron chi connectivity index (χ3n) is 4.75. The lowest BCUT2D eigenvalue weighted by molar-refractivity contribution is -0.134. The number of nitrogens with zero attached hydrogens (tertiary/aromatic N) is 4. The Labute approximate surface area is 167 Å². The van der Waals surface area contributed by atoms with Gasteiger partial charge in [0.2, 0.25) is 0 Å². The number of imide groups is 2. The highest BCUT2D eigenvalue weighted by Gasteiger charge is 2.38. The van der Waals surface area contributed by atoms with E-state index in [-0.39, 0.29) is 5.57 Å². The predicted octanol–water partition coefficient (Wildman–Crippen LogP) is 2.97. The summed E-state index contributed by atoms with van der Waals surface area (Å²) in [5.74, 6) is -1.27. The van der Waals surface area contributed by atoms with Crippen molar-refractivity contribution in [2.24, 2.45) is 0 Å². The van der Waals surface area contributed by atoms with Crippen LogP contribution in [0.25, 0.3) is 23.0 Å². The first-order chi connectivity index (χ1) is 14.0. The van der Waals surface area contributed by atoms with Gasteiger partial charge in [-0.25, -0.2) is 9.48 Å². The molecule has 7 nitrogen and oxygen atoms in total. The van der Waals surface area contributed by atoms with Crippen LogP contribution in [0.5, 0.6) is 0 Å². The maximum atomic E-state index is 12.6. The van der Waals surface area contributed by atoms with Crippen molar-refractivity contribution in [3.63, 3.8) is 0 Å².